The first-order chi connectivity index (χ1) is 9.06. The van der Waals surface area contributed by atoms with Gasteiger partial charge < -0.3 is 10.1 Å². The Morgan fingerprint density at radius 2 is 2.21 bits per heavy atom. The Hall–Kier alpha value is -2.63. The van der Waals surface area contributed by atoms with Gasteiger partial charge in [0.25, 0.3) is 5.56 Å². The standard InChI is InChI=1S/C13H11N3O3/c1-7-2-3-10-8(4-7)9-5-14-16(6-11(17)18)13(19)12(9)15-10/h2-5,15H,6H2,1H3,(H,17,18). The number of H-pyrrole nitrogens is 1. The SMILES string of the molecule is Cc1ccc2[nH]c3c(=O)n(CC(=O)O)ncc3c2c1. The first kappa shape index (κ1) is 11.5. The molecule has 0 saturated carbocycles. The smallest absolute Gasteiger partial charge is 0.325 e. The minimum Gasteiger partial charge on any atom is -0.480 e. The molecule has 0 atom stereocenters. The Kier molecular flexibility index (Phi) is 2.38. The van der Waals surface area contributed by atoms with Gasteiger partial charge in [-0.1, -0.05) is 11.6 Å². The second-order valence-electron chi connectivity index (χ2n) is 4.46. The van der Waals surface area contributed by atoms with Crippen LogP contribution in [0.25, 0.3) is 21.8 Å². The molecular weight excluding hydrogens is 246 g/mol. The summed E-state index contributed by atoms with van der Waals surface area (Å²) in [5.41, 5.74) is 1.89. The third-order valence-corrected chi connectivity index (χ3v) is 3.05. The zero-order valence-corrected chi connectivity index (χ0v) is 10.2. The van der Waals surface area contributed by atoms with Gasteiger partial charge in [0.05, 0.1) is 6.20 Å². The van der Waals surface area contributed by atoms with Crippen LogP contribution in [0.2, 0.25) is 0 Å². The van der Waals surface area contributed by atoms with Crippen LogP contribution in [0, 0.1) is 6.92 Å². The molecular formula is C13H11N3O3. The van der Waals surface area contributed by atoms with Gasteiger partial charge in [-0.05, 0) is 19.1 Å². The van der Waals surface area contributed by atoms with Gasteiger partial charge in [-0.25, -0.2) is 4.68 Å². The van der Waals surface area contributed by atoms with E-state index in [1.165, 1.54) is 6.20 Å². The average molecular weight is 257 g/mol. The summed E-state index contributed by atoms with van der Waals surface area (Å²) < 4.78 is 0.937. The fraction of sp³-hybridized carbons (Fsp3) is 0.154. The summed E-state index contributed by atoms with van der Waals surface area (Å²) in [6.45, 7) is 1.53. The number of aromatic nitrogens is 3. The van der Waals surface area contributed by atoms with Crippen LogP contribution < -0.4 is 5.56 Å². The molecule has 96 valence electrons. The van der Waals surface area contributed by atoms with Crippen molar-refractivity contribution >= 4 is 27.8 Å². The first-order valence-electron chi connectivity index (χ1n) is 5.76. The number of carboxylic acid groups (broad SMARTS) is 1. The molecule has 6 heteroatoms. The molecule has 2 N–H and O–H groups in total. The van der Waals surface area contributed by atoms with Crippen molar-refractivity contribution in [2.75, 3.05) is 0 Å². The molecule has 0 aliphatic rings. The molecule has 0 aliphatic carbocycles. The minimum absolute atomic E-state index is 0.386. The quantitative estimate of drug-likeness (QED) is 0.723. The van der Waals surface area contributed by atoms with Crippen LogP contribution in [-0.4, -0.2) is 25.8 Å². The van der Waals surface area contributed by atoms with Gasteiger partial charge in [-0.2, -0.15) is 5.10 Å². The third-order valence-electron chi connectivity index (χ3n) is 3.05. The van der Waals surface area contributed by atoms with Crippen LogP contribution in [-0.2, 0) is 11.3 Å². The highest BCUT2D eigenvalue weighted by Crippen LogP contribution is 2.23. The number of nitrogens with one attached hydrogen (secondary N) is 1. The molecule has 0 aliphatic heterocycles. The van der Waals surface area contributed by atoms with Crippen molar-refractivity contribution in [2.45, 2.75) is 13.5 Å². The number of hydrogen-bond acceptors (Lipinski definition) is 3. The number of nitrogens with zero attached hydrogens (tertiary/aromatic N) is 2. The molecule has 3 rings (SSSR count). The Morgan fingerprint density at radius 3 is 2.95 bits per heavy atom. The lowest BCUT2D eigenvalue weighted by atomic mass is 10.1. The van der Waals surface area contributed by atoms with E-state index in [9.17, 15) is 9.59 Å². The fourth-order valence-corrected chi connectivity index (χ4v) is 2.18. The summed E-state index contributed by atoms with van der Waals surface area (Å²) in [7, 11) is 0. The van der Waals surface area contributed by atoms with E-state index in [4.69, 9.17) is 5.11 Å². The lowest BCUT2D eigenvalue weighted by Crippen LogP contribution is -2.26. The van der Waals surface area contributed by atoms with E-state index in [1.54, 1.807) is 0 Å². The molecule has 0 amide bonds. The van der Waals surface area contributed by atoms with E-state index in [0.29, 0.717) is 10.9 Å². The largest absolute Gasteiger partial charge is 0.480 e. The van der Waals surface area contributed by atoms with Gasteiger partial charge >= 0.3 is 5.97 Å². The summed E-state index contributed by atoms with van der Waals surface area (Å²) in [5, 5.41) is 14.3. The number of benzene rings is 1. The summed E-state index contributed by atoms with van der Waals surface area (Å²) in [5.74, 6) is -1.10. The topological polar surface area (TPSA) is 88.0 Å². The van der Waals surface area contributed by atoms with Crippen molar-refractivity contribution in [3.05, 3.63) is 40.3 Å². The normalized spacial score (nSPS) is 11.2. The number of aliphatic carboxylic acids is 1. The molecule has 0 spiro atoms. The van der Waals surface area contributed by atoms with Gasteiger partial charge in [0.1, 0.15) is 12.1 Å². The Morgan fingerprint density at radius 1 is 1.42 bits per heavy atom. The summed E-state index contributed by atoms with van der Waals surface area (Å²) in [4.78, 5) is 25.8. The maximum Gasteiger partial charge on any atom is 0.325 e. The number of aromatic amines is 1. The van der Waals surface area contributed by atoms with Crippen molar-refractivity contribution < 1.29 is 9.90 Å². The second kappa shape index (κ2) is 3.94. The van der Waals surface area contributed by atoms with E-state index in [1.807, 2.05) is 25.1 Å². The zero-order valence-electron chi connectivity index (χ0n) is 10.2. The van der Waals surface area contributed by atoms with Crippen molar-refractivity contribution in [3.63, 3.8) is 0 Å². The van der Waals surface area contributed by atoms with E-state index in [-0.39, 0.29) is 0 Å². The van der Waals surface area contributed by atoms with Crippen molar-refractivity contribution in [3.8, 4) is 0 Å². The lowest BCUT2D eigenvalue weighted by molar-refractivity contribution is -0.137. The van der Waals surface area contributed by atoms with Gasteiger partial charge in [0.2, 0.25) is 0 Å². The molecule has 19 heavy (non-hydrogen) atoms. The van der Waals surface area contributed by atoms with Crippen molar-refractivity contribution in [1.82, 2.24) is 14.8 Å². The number of aryl methyl sites for hydroxylation is 1. The summed E-state index contributed by atoms with van der Waals surface area (Å²) in [6.07, 6.45) is 1.53. The molecule has 6 nitrogen and oxygen atoms in total. The highest BCUT2D eigenvalue weighted by molar-refractivity contribution is 6.06. The molecule has 0 radical (unpaired) electrons. The Bertz CT molecular complexity index is 861. The van der Waals surface area contributed by atoms with Crippen LogP contribution in [0.4, 0.5) is 0 Å². The van der Waals surface area contributed by atoms with Crippen LogP contribution in [0.5, 0.6) is 0 Å². The molecule has 0 bridgehead atoms. The number of carbonyl (C=O) groups is 1. The van der Waals surface area contributed by atoms with Crippen molar-refractivity contribution in [2.24, 2.45) is 0 Å². The van der Waals surface area contributed by atoms with Crippen LogP contribution >= 0.6 is 0 Å². The molecule has 2 heterocycles. The molecule has 0 fully saturated rings. The lowest BCUT2D eigenvalue weighted by Gasteiger charge is -1.99. The van der Waals surface area contributed by atoms with Gasteiger partial charge in [0.15, 0.2) is 0 Å². The monoisotopic (exact) mass is 257 g/mol. The predicted molar refractivity (Wildman–Crippen MR) is 70.2 cm³/mol. The number of rotatable bonds is 2. The minimum atomic E-state index is -1.10. The van der Waals surface area contributed by atoms with Crippen LogP contribution in [0.3, 0.4) is 0 Å². The van der Waals surface area contributed by atoms with Crippen LogP contribution in [0.15, 0.2) is 29.2 Å². The van der Waals surface area contributed by atoms with Gasteiger partial charge in [0, 0.05) is 16.3 Å². The maximum absolute atomic E-state index is 12.1. The maximum atomic E-state index is 12.1. The van der Waals surface area contributed by atoms with Crippen molar-refractivity contribution in [1.29, 1.82) is 0 Å². The molecule has 2 aromatic heterocycles. The third kappa shape index (κ3) is 1.77. The van der Waals surface area contributed by atoms with E-state index in [0.717, 1.165) is 21.1 Å². The fourth-order valence-electron chi connectivity index (χ4n) is 2.18. The molecule has 0 saturated heterocycles. The van der Waals surface area contributed by atoms with Gasteiger partial charge in [-0.15, -0.1) is 0 Å². The van der Waals surface area contributed by atoms with E-state index < -0.39 is 18.1 Å². The van der Waals surface area contributed by atoms with E-state index >= 15 is 0 Å². The number of hydrogen-bond donors (Lipinski definition) is 2. The van der Waals surface area contributed by atoms with Gasteiger partial charge in [-0.3, -0.25) is 9.59 Å². The predicted octanol–water partition coefficient (Wildman–Crippen LogP) is 1.27. The molecule has 0 unspecified atom stereocenters. The molecule has 3 aromatic rings. The molecule has 1 aromatic carbocycles. The average Bonchev–Trinajstić information content (AvgIpc) is 2.71. The summed E-state index contributed by atoms with van der Waals surface area (Å²) >= 11 is 0. The first-order valence-corrected chi connectivity index (χ1v) is 5.76. The highest BCUT2D eigenvalue weighted by Gasteiger charge is 2.11. The Balaban J connectivity index is 2.35. The zero-order chi connectivity index (χ0) is 13.6. The summed E-state index contributed by atoms with van der Waals surface area (Å²) in [6, 6.07) is 5.81. The van der Waals surface area contributed by atoms with Crippen LogP contribution in [0.1, 0.15) is 5.56 Å². The number of fused-ring (bicyclic) bond motifs is 3. The second-order valence-corrected chi connectivity index (χ2v) is 4.46. The highest BCUT2D eigenvalue weighted by atomic mass is 16.4. The van der Waals surface area contributed by atoms with E-state index in [2.05, 4.69) is 10.1 Å². The Labute approximate surface area is 107 Å². The number of carboxylic acids is 1.